The van der Waals surface area contributed by atoms with Gasteiger partial charge in [-0.3, -0.25) is 9.88 Å². The third-order valence-electron chi connectivity index (χ3n) is 5.88. The number of hydrogen-bond donors (Lipinski definition) is 2. The van der Waals surface area contributed by atoms with Crippen molar-refractivity contribution in [1.82, 2.24) is 19.9 Å². The van der Waals surface area contributed by atoms with E-state index in [1.54, 1.807) is 18.5 Å². The van der Waals surface area contributed by atoms with Crippen LogP contribution in [-0.4, -0.2) is 93.0 Å². The summed E-state index contributed by atoms with van der Waals surface area (Å²) >= 11 is 0. The van der Waals surface area contributed by atoms with Gasteiger partial charge in [-0.05, 0) is 31.0 Å². The first-order valence-corrected chi connectivity index (χ1v) is 12.9. The van der Waals surface area contributed by atoms with Crippen molar-refractivity contribution in [2.45, 2.75) is 37.0 Å². The largest absolute Gasteiger partial charge is 0.490 e. The second kappa shape index (κ2) is 12.8. The summed E-state index contributed by atoms with van der Waals surface area (Å²) in [7, 11) is -3.11. The molecule has 40 heavy (non-hydrogen) atoms. The molecule has 0 radical (unpaired) electrons. The van der Waals surface area contributed by atoms with Crippen LogP contribution in [0, 0.1) is 12.8 Å². The SMILES string of the molecule is Cc1ccnc(OCC2CCS(=O)(=O)C23CN(Cc2cccnc2)C3)n1.O=C(O)C(F)(F)F.O=C(O)C(F)(F)F. The van der Waals surface area contributed by atoms with Gasteiger partial charge in [0.25, 0.3) is 0 Å². The second-order valence-electron chi connectivity index (χ2n) is 8.77. The molecule has 2 saturated heterocycles. The number of carbonyl (C=O) groups is 2. The van der Waals surface area contributed by atoms with Gasteiger partial charge < -0.3 is 14.9 Å². The second-order valence-corrected chi connectivity index (χ2v) is 11.2. The molecule has 2 fully saturated rings. The number of carboxylic acid groups (broad SMARTS) is 2. The van der Waals surface area contributed by atoms with E-state index in [-0.39, 0.29) is 11.7 Å². The van der Waals surface area contributed by atoms with Crippen LogP contribution in [0.5, 0.6) is 6.01 Å². The summed E-state index contributed by atoms with van der Waals surface area (Å²) in [5.74, 6) is -5.31. The van der Waals surface area contributed by atoms with Crippen LogP contribution in [0.4, 0.5) is 26.3 Å². The molecule has 0 aliphatic carbocycles. The first-order chi connectivity index (χ1) is 18.4. The molecule has 1 spiro atoms. The third-order valence-corrected chi connectivity index (χ3v) is 8.48. The van der Waals surface area contributed by atoms with Gasteiger partial charge in [-0.2, -0.15) is 26.3 Å². The normalized spacial score (nSPS) is 19.3. The molecule has 11 nitrogen and oxygen atoms in total. The van der Waals surface area contributed by atoms with Crippen molar-refractivity contribution < 1.29 is 59.3 Å². The highest BCUT2D eigenvalue weighted by atomic mass is 32.2. The number of alkyl halides is 6. The zero-order valence-corrected chi connectivity index (χ0v) is 21.5. The number of aryl methyl sites for hydroxylation is 1. The summed E-state index contributed by atoms with van der Waals surface area (Å²) in [4.78, 5) is 32.4. The minimum atomic E-state index is -5.08. The molecule has 1 unspecified atom stereocenters. The number of rotatable bonds is 5. The molecule has 222 valence electrons. The topological polar surface area (TPSA) is 160 Å². The van der Waals surface area contributed by atoms with E-state index in [1.807, 2.05) is 25.3 Å². The van der Waals surface area contributed by atoms with Crippen molar-refractivity contribution in [1.29, 1.82) is 0 Å². The molecular formula is C22H24F6N4O7S. The first-order valence-electron chi connectivity index (χ1n) is 11.2. The van der Waals surface area contributed by atoms with Crippen LogP contribution >= 0.6 is 0 Å². The smallest absolute Gasteiger partial charge is 0.475 e. The van der Waals surface area contributed by atoms with Crippen LogP contribution in [0.15, 0.2) is 36.8 Å². The molecule has 2 aliphatic rings. The number of ether oxygens (including phenoxy) is 1. The van der Waals surface area contributed by atoms with Crippen molar-refractivity contribution in [3.63, 3.8) is 0 Å². The molecule has 2 aromatic heterocycles. The van der Waals surface area contributed by atoms with Crippen molar-refractivity contribution in [3.8, 4) is 6.01 Å². The number of aromatic nitrogens is 3. The maximum atomic E-state index is 12.7. The average Bonchev–Trinajstić information content (AvgIpc) is 3.08. The molecule has 2 N–H and O–H groups in total. The monoisotopic (exact) mass is 602 g/mol. The van der Waals surface area contributed by atoms with Gasteiger partial charge in [-0.15, -0.1) is 0 Å². The van der Waals surface area contributed by atoms with Gasteiger partial charge in [-0.25, -0.2) is 28.0 Å². The number of hydrogen-bond acceptors (Lipinski definition) is 9. The maximum Gasteiger partial charge on any atom is 0.490 e. The van der Waals surface area contributed by atoms with Gasteiger partial charge in [0, 0.05) is 49.8 Å². The zero-order valence-electron chi connectivity index (χ0n) is 20.7. The molecular weight excluding hydrogens is 578 g/mol. The quantitative estimate of drug-likeness (QED) is 0.484. The fourth-order valence-electron chi connectivity index (χ4n) is 3.95. The lowest BCUT2D eigenvalue weighted by molar-refractivity contribution is -0.193. The molecule has 2 aromatic rings. The Morgan fingerprint density at radius 1 is 1.07 bits per heavy atom. The Morgan fingerprint density at radius 3 is 2.12 bits per heavy atom. The summed E-state index contributed by atoms with van der Waals surface area (Å²) in [6.07, 6.45) is -4.32. The van der Waals surface area contributed by atoms with Crippen LogP contribution in [0.3, 0.4) is 0 Å². The van der Waals surface area contributed by atoms with Gasteiger partial charge >= 0.3 is 30.3 Å². The van der Waals surface area contributed by atoms with Crippen LogP contribution in [0.2, 0.25) is 0 Å². The summed E-state index contributed by atoms with van der Waals surface area (Å²) in [5.41, 5.74) is 1.92. The van der Waals surface area contributed by atoms with Crippen LogP contribution in [0.1, 0.15) is 17.7 Å². The average molecular weight is 603 g/mol. The van der Waals surface area contributed by atoms with Gasteiger partial charge in [0.2, 0.25) is 0 Å². The minimum absolute atomic E-state index is 0.0261. The number of likely N-dealkylation sites (tertiary alicyclic amines) is 1. The van der Waals surface area contributed by atoms with E-state index >= 15 is 0 Å². The Morgan fingerprint density at radius 2 is 1.65 bits per heavy atom. The highest BCUT2D eigenvalue weighted by Crippen LogP contribution is 2.45. The summed E-state index contributed by atoms with van der Waals surface area (Å²) in [6.45, 7) is 4.03. The van der Waals surface area contributed by atoms with Crippen LogP contribution in [-0.2, 0) is 26.0 Å². The maximum absolute atomic E-state index is 12.7. The zero-order chi connectivity index (χ0) is 30.4. The summed E-state index contributed by atoms with van der Waals surface area (Å²) in [5, 5.41) is 14.2. The molecule has 0 saturated carbocycles. The number of nitrogens with zero attached hydrogens (tertiary/aromatic N) is 4. The van der Waals surface area contributed by atoms with Gasteiger partial charge in [0.15, 0.2) is 9.84 Å². The first kappa shape index (κ1) is 32.7. The predicted octanol–water partition coefficient (Wildman–Crippen LogP) is 2.51. The minimum Gasteiger partial charge on any atom is -0.475 e. The fourth-order valence-corrected chi connectivity index (χ4v) is 6.40. The number of pyridine rings is 1. The fraction of sp³-hybridized carbons (Fsp3) is 0.500. The molecule has 0 bridgehead atoms. The van der Waals surface area contributed by atoms with E-state index in [0.29, 0.717) is 32.1 Å². The van der Waals surface area contributed by atoms with E-state index in [0.717, 1.165) is 17.8 Å². The van der Waals surface area contributed by atoms with E-state index in [1.165, 1.54) is 0 Å². The number of carboxylic acids is 2. The lowest BCUT2D eigenvalue weighted by Crippen LogP contribution is -2.67. The Bertz CT molecular complexity index is 1250. The highest BCUT2D eigenvalue weighted by Gasteiger charge is 2.61. The van der Waals surface area contributed by atoms with Crippen molar-refractivity contribution in [2.75, 3.05) is 25.4 Å². The number of halogens is 6. The highest BCUT2D eigenvalue weighted by molar-refractivity contribution is 7.93. The van der Waals surface area contributed by atoms with Crippen molar-refractivity contribution in [2.24, 2.45) is 5.92 Å². The Labute approximate surface area is 223 Å². The van der Waals surface area contributed by atoms with Crippen molar-refractivity contribution >= 4 is 21.8 Å². The Balaban J connectivity index is 0.000000333. The molecule has 4 heterocycles. The predicted molar refractivity (Wildman–Crippen MR) is 124 cm³/mol. The number of sulfone groups is 1. The lowest BCUT2D eigenvalue weighted by Gasteiger charge is -2.49. The summed E-state index contributed by atoms with van der Waals surface area (Å²) < 4.78 is 93.9. The lowest BCUT2D eigenvalue weighted by atomic mass is 9.83. The van der Waals surface area contributed by atoms with Crippen LogP contribution in [0.25, 0.3) is 0 Å². The van der Waals surface area contributed by atoms with Crippen LogP contribution < -0.4 is 4.74 Å². The van der Waals surface area contributed by atoms with E-state index in [4.69, 9.17) is 24.5 Å². The molecule has 1 atom stereocenters. The third kappa shape index (κ3) is 8.73. The van der Waals surface area contributed by atoms with Crippen molar-refractivity contribution in [3.05, 3.63) is 48.0 Å². The van der Waals surface area contributed by atoms with Gasteiger partial charge in [0.1, 0.15) is 4.75 Å². The molecule has 2 aliphatic heterocycles. The van der Waals surface area contributed by atoms with E-state index in [2.05, 4.69) is 19.9 Å². The number of aliphatic carboxylic acids is 2. The molecule has 4 rings (SSSR count). The standard InChI is InChI=1S/C18H22N4O3S.2C2HF3O2/c1-14-4-7-20-17(21-14)25-11-16-5-8-26(23,24)18(16)12-22(13-18)10-15-3-2-6-19-9-15;2*3-2(4,5)1(6)7/h2-4,6-7,9,16H,5,8,10-13H2,1H3;2*(H,6,7). The Hall–Kier alpha value is -3.54. The molecule has 0 aromatic carbocycles. The molecule has 18 heteroatoms. The van der Waals surface area contributed by atoms with E-state index < -0.39 is 38.9 Å². The summed E-state index contributed by atoms with van der Waals surface area (Å²) in [6, 6.07) is 6.03. The molecule has 0 amide bonds. The van der Waals surface area contributed by atoms with Gasteiger partial charge in [-0.1, -0.05) is 6.07 Å². The Kier molecular flexibility index (Phi) is 10.4. The van der Waals surface area contributed by atoms with E-state index in [9.17, 15) is 34.8 Å². The van der Waals surface area contributed by atoms with Gasteiger partial charge in [0.05, 0.1) is 12.4 Å².